The molecule has 0 radical (unpaired) electrons. The van der Waals surface area contributed by atoms with Crippen molar-refractivity contribution in [1.82, 2.24) is 4.31 Å². The summed E-state index contributed by atoms with van der Waals surface area (Å²) in [7, 11) is -2.53. The van der Waals surface area contributed by atoms with Crippen LogP contribution in [0, 0.1) is 5.92 Å². The number of carboxylic acids is 1. The molecule has 0 aliphatic heterocycles. The largest absolute Gasteiger partial charge is 0.481 e. The zero-order valence-electron chi connectivity index (χ0n) is 11.0. The predicted octanol–water partition coefficient (Wildman–Crippen LogP) is 0.0644. The summed E-state index contributed by atoms with van der Waals surface area (Å²) in [6.45, 7) is 1.41. The highest BCUT2D eigenvalue weighted by molar-refractivity contribution is 7.89. The molecule has 0 spiro atoms. The van der Waals surface area contributed by atoms with Crippen LogP contribution in [0.5, 0.6) is 0 Å². The molecule has 8 heteroatoms. The van der Waals surface area contributed by atoms with Crippen LogP contribution in [0.4, 0.5) is 0 Å². The number of ether oxygens (including phenoxy) is 1. The molecule has 0 bridgehead atoms. The van der Waals surface area contributed by atoms with Crippen LogP contribution in [-0.4, -0.2) is 55.2 Å². The zero-order chi connectivity index (χ0) is 14.6. The van der Waals surface area contributed by atoms with Gasteiger partial charge in [-0.3, -0.25) is 9.59 Å². The molecule has 0 aromatic carbocycles. The van der Waals surface area contributed by atoms with Crippen LogP contribution in [-0.2, 0) is 24.3 Å². The highest BCUT2D eigenvalue weighted by Crippen LogP contribution is 2.32. The first-order valence-electron chi connectivity index (χ1n) is 6.14. The van der Waals surface area contributed by atoms with Crippen molar-refractivity contribution in [3.8, 4) is 0 Å². The van der Waals surface area contributed by atoms with E-state index in [1.807, 2.05) is 0 Å². The second-order valence-electron chi connectivity index (χ2n) is 4.52. The molecule has 0 amide bonds. The fourth-order valence-corrected chi connectivity index (χ4v) is 4.15. The molecule has 2 unspecified atom stereocenters. The predicted molar refractivity (Wildman–Crippen MR) is 66.9 cm³/mol. The third-order valence-corrected chi connectivity index (χ3v) is 5.57. The molecular formula is C11H19NO6S. The number of likely N-dealkylation sites (N-methyl/N-ethyl adjacent to an activating group) is 1. The minimum atomic E-state index is -3.79. The zero-order valence-corrected chi connectivity index (χ0v) is 11.9. The number of aliphatic carboxylic acids is 1. The SMILES string of the molecule is CCOC(=O)CN(C)S(=O)(=O)C1CCCC1C(=O)O. The normalized spacial score (nSPS) is 23.5. The van der Waals surface area contributed by atoms with E-state index in [1.165, 1.54) is 7.05 Å². The van der Waals surface area contributed by atoms with Gasteiger partial charge in [0.1, 0.15) is 6.54 Å². The highest BCUT2D eigenvalue weighted by atomic mass is 32.2. The summed E-state index contributed by atoms with van der Waals surface area (Å²) >= 11 is 0. The maximum Gasteiger partial charge on any atom is 0.321 e. The second-order valence-corrected chi connectivity index (χ2v) is 6.78. The smallest absolute Gasteiger partial charge is 0.321 e. The fourth-order valence-electron chi connectivity index (χ4n) is 2.27. The Balaban J connectivity index is 2.79. The molecule has 0 aromatic rings. The number of nitrogens with zero attached hydrogens (tertiary/aromatic N) is 1. The summed E-state index contributed by atoms with van der Waals surface area (Å²) in [6.07, 6.45) is 1.23. The van der Waals surface area contributed by atoms with E-state index < -0.39 is 33.1 Å². The number of carboxylic acid groups (broad SMARTS) is 1. The summed E-state index contributed by atoms with van der Waals surface area (Å²) in [6, 6.07) is 0. The molecule has 110 valence electrons. The Kier molecular flexibility index (Phi) is 5.30. The summed E-state index contributed by atoms with van der Waals surface area (Å²) < 4.78 is 30.1. The van der Waals surface area contributed by atoms with Crippen molar-refractivity contribution >= 4 is 22.0 Å². The fraction of sp³-hybridized carbons (Fsp3) is 0.818. The molecule has 1 saturated carbocycles. The maximum absolute atomic E-state index is 12.2. The molecule has 19 heavy (non-hydrogen) atoms. The van der Waals surface area contributed by atoms with E-state index in [-0.39, 0.29) is 13.2 Å². The van der Waals surface area contributed by atoms with Gasteiger partial charge in [0.05, 0.1) is 17.8 Å². The summed E-state index contributed by atoms with van der Waals surface area (Å²) in [5, 5.41) is 8.07. The quantitative estimate of drug-likeness (QED) is 0.695. The van der Waals surface area contributed by atoms with Crippen LogP contribution in [0.25, 0.3) is 0 Å². The first-order chi connectivity index (χ1) is 8.80. The molecule has 0 heterocycles. The Hall–Kier alpha value is -1.15. The molecule has 2 atom stereocenters. The van der Waals surface area contributed by atoms with Crippen molar-refractivity contribution in [3.63, 3.8) is 0 Å². The van der Waals surface area contributed by atoms with Gasteiger partial charge in [0, 0.05) is 7.05 Å². The van der Waals surface area contributed by atoms with Gasteiger partial charge in [0.2, 0.25) is 10.0 Å². The number of rotatable bonds is 6. The van der Waals surface area contributed by atoms with E-state index in [2.05, 4.69) is 4.74 Å². The Labute approximate surface area is 112 Å². The van der Waals surface area contributed by atoms with Crippen molar-refractivity contribution in [2.45, 2.75) is 31.4 Å². The minimum absolute atomic E-state index is 0.175. The van der Waals surface area contributed by atoms with Crippen LogP contribution >= 0.6 is 0 Å². The average molecular weight is 293 g/mol. The number of hydrogen-bond acceptors (Lipinski definition) is 5. The first-order valence-corrected chi connectivity index (χ1v) is 7.64. The van der Waals surface area contributed by atoms with Crippen LogP contribution in [0.15, 0.2) is 0 Å². The van der Waals surface area contributed by atoms with Crippen molar-refractivity contribution in [3.05, 3.63) is 0 Å². The van der Waals surface area contributed by atoms with E-state index in [9.17, 15) is 18.0 Å². The average Bonchev–Trinajstić information content (AvgIpc) is 2.78. The summed E-state index contributed by atoms with van der Waals surface area (Å²) in [5.41, 5.74) is 0. The van der Waals surface area contributed by atoms with Crippen LogP contribution in [0.1, 0.15) is 26.2 Å². The van der Waals surface area contributed by atoms with E-state index >= 15 is 0 Å². The lowest BCUT2D eigenvalue weighted by molar-refractivity contribution is -0.143. The van der Waals surface area contributed by atoms with Crippen molar-refractivity contribution in [1.29, 1.82) is 0 Å². The molecule has 1 fully saturated rings. The lowest BCUT2D eigenvalue weighted by Gasteiger charge is -2.23. The van der Waals surface area contributed by atoms with Gasteiger partial charge in [-0.1, -0.05) is 6.42 Å². The molecule has 1 aliphatic carbocycles. The standard InChI is InChI=1S/C11H19NO6S/c1-3-18-10(13)7-12(2)19(16,17)9-6-4-5-8(9)11(14)15/h8-9H,3-7H2,1-2H3,(H,14,15). The van der Waals surface area contributed by atoms with Gasteiger partial charge in [0.25, 0.3) is 0 Å². The molecule has 1 rings (SSSR count). The van der Waals surface area contributed by atoms with E-state index in [4.69, 9.17) is 5.11 Å². The number of esters is 1. The maximum atomic E-state index is 12.2. The van der Waals surface area contributed by atoms with E-state index in [1.54, 1.807) is 6.92 Å². The number of sulfonamides is 1. The van der Waals surface area contributed by atoms with E-state index in [0.717, 1.165) is 4.31 Å². The number of carbonyl (C=O) groups is 2. The number of hydrogen-bond donors (Lipinski definition) is 1. The van der Waals surface area contributed by atoms with Crippen LogP contribution in [0.3, 0.4) is 0 Å². The van der Waals surface area contributed by atoms with Gasteiger partial charge in [0.15, 0.2) is 0 Å². The van der Waals surface area contributed by atoms with Gasteiger partial charge in [-0.05, 0) is 19.8 Å². The Morgan fingerprint density at radius 2 is 2.00 bits per heavy atom. The third-order valence-electron chi connectivity index (χ3n) is 3.24. The molecule has 0 aromatic heterocycles. The topological polar surface area (TPSA) is 101 Å². The summed E-state index contributed by atoms with van der Waals surface area (Å²) in [4.78, 5) is 22.3. The lowest BCUT2D eigenvalue weighted by Crippen LogP contribution is -2.42. The second kappa shape index (κ2) is 6.33. The minimum Gasteiger partial charge on any atom is -0.481 e. The van der Waals surface area contributed by atoms with Crippen molar-refractivity contribution in [2.75, 3.05) is 20.2 Å². The highest BCUT2D eigenvalue weighted by Gasteiger charge is 2.43. The van der Waals surface area contributed by atoms with Crippen molar-refractivity contribution in [2.24, 2.45) is 5.92 Å². The Morgan fingerprint density at radius 1 is 1.37 bits per heavy atom. The van der Waals surface area contributed by atoms with Crippen LogP contribution < -0.4 is 0 Å². The van der Waals surface area contributed by atoms with Gasteiger partial charge in [-0.25, -0.2) is 8.42 Å². The first kappa shape index (κ1) is 15.9. The number of carbonyl (C=O) groups excluding carboxylic acids is 1. The van der Waals surface area contributed by atoms with Crippen LogP contribution in [0.2, 0.25) is 0 Å². The third kappa shape index (κ3) is 3.66. The monoisotopic (exact) mass is 293 g/mol. The van der Waals surface area contributed by atoms with Gasteiger partial charge in [-0.15, -0.1) is 0 Å². The van der Waals surface area contributed by atoms with Gasteiger partial charge in [-0.2, -0.15) is 4.31 Å². The molecule has 1 N–H and O–H groups in total. The van der Waals surface area contributed by atoms with E-state index in [0.29, 0.717) is 19.3 Å². The lowest BCUT2D eigenvalue weighted by atomic mass is 10.1. The molecule has 7 nitrogen and oxygen atoms in total. The molecule has 0 saturated heterocycles. The Bertz CT molecular complexity index is 446. The molecule has 1 aliphatic rings. The molecular weight excluding hydrogens is 274 g/mol. The van der Waals surface area contributed by atoms with Gasteiger partial charge < -0.3 is 9.84 Å². The van der Waals surface area contributed by atoms with Crippen molar-refractivity contribution < 1.29 is 27.9 Å². The summed E-state index contributed by atoms with van der Waals surface area (Å²) in [5.74, 6) is -2.64. The Morgan fingerprint density at radius 3 is 2.53 bits per heavy atom. The van der Waals surface area contributed by atoms with Gasteiger partial charge >= 0.3 is 11.9 Å².